The average Bonchev–Trinajstić information content (AvgIpc) is 2.59. The summed E-state index contributed by atoms with van der Waals surface area (Å²) in [5.41, 5.74) is 9.73. The van der Waals surface area contributed by atoms with Gasteiger partial charge in [0.1, 0.15) is 0 Å². The van der Waals surface area contributed by atoms with Gasteiger partial charge in [-0.2, -0.15) is 0 Å². The standard InChI is InChI=1S/C11H14N4/c1-8-4-3-5-10(6-8)15-11(7-12)9(2)13-14-15/h3-6H,7,12H2,1-2H3. The Morgan fingerprint density at radius 3 is 2.80 bits per heavy atom. The number of hydrogen-bond donors (Lipinski definition) is 1. The van der Waals surface area contributed by atoms with Gasteiger partial charge in [0.15, 0.2) is 0 Å². The fourth-order valence-electron chi connectivity index (χ4n) is 1.58. The Bertz CT molecular complexity index is 473. The third kappa shape index (κ3) is 1.76. The fraction of sp³-hybridized carbons (Fsp3) is 0.273. The van der Waals surface area contributed by atoms with Gasteiger partial charge in [-0.25, -0.2) is 4.68 Å². The minimum absolute atomic E-state index is 0.451. The van der Waals surface area contributed by atoms with Gasteiger partial charge in [-0.15, -0.1) is 5.10 Å². The predicted octanol–water partition coefficient (Wildman–Crippen LogP) is 1.34. The number of nitrogens with zero attached hydrogens (tertiary/aromatic N) is 3. The van der Waals surface area contributed by atoms with Gasteiger partial charge in [0, 0.05) is 6.54 Å². The molecule has 78 valence electrons. The second-order valence-electron chi connectivity index (χ2n) is 3.58. The molecule has 0 amide bonds. The molecule has 0 bridgehead atoms. The Labute approximate surface area is 88.7 Å². The SMILES string of the molecule is Cc1cccc(-n2nnc(C)c2CN)c1. The lowest BCUT2D eigenvalue weighted by Crippen LogP contribution is -2.07. The van der Waals surface area contributed by atoms with E-state index in [1.54, 1.807) is 4.68 Å². The van der Waals surface area contributed by atoms with Crippen LogP contribution in [-0.2, 0) is 6.54 Å². The number of hydrogen-bond acceptors (Lipinski definition) is 3. The van der Waals surface area contributed by atoms with E-state index in [4.69, 9.17) is 5.73 Å². The molecule has 15 heavy (non-hydrogen) atoms. The molecule has 0 atom stereocenters. The Kier molecular flexibility index (Phi) is 2.51. The van der Waals surface area contributed by atoms with Crippen molar-refractivity contribution in [1.82, 2.24) is 15.0 Å². The third-order valence-corrected chi connectivity index (χ3v) is 2.40. The van der Waals surface area contributed by atoms with Crippen molar-refractivity contribution >= 4 is 0 Å². The van der Waals surface area contributed by atoms with Crippen LogP contribution in [0.25, 0.3) is 5.69 Å². The number of aryl methyl sites for hydroxylation is 2. The van der Waals surface area contributed by atoms with Crippen LogP contribution in [0.2, 0.25) is 0 Å². The van der Waals surface area contributed by atoms with Crippen molar-refractivity contribution in [1.29, 1.82) is 0 Å². The van der Waals surface area contributed by atoms with E-state index in [-0.39, 0.29) is 0 Å². The number of rotatable bonds is 2. The second-order valence-corrected chi connectivity index (χ2v) is 3.58. The van der Waals surface area contributed by atoms with E-state index in [1.807, 2.05) is 19.1 Å². The molecule has 0 aliphatic rings. The monoisotopic (exact) mass is 202 g/mol. The zero-order valence-electron chi connectivity index (χ0n) is 8.94. The van der Waals surface area contributed by atoms with Gasteiger partial charge < -0.3 is 5.73 Å². The molecule has 1 heterocycles. The molecular weight excluding hydrogens is 188 g/mol. The third-order valence-electron chi connectivity index (χ3n) is 2.40. The Hall–Kier alpha value is -1.68. The molecule has 0 radical (unpaired) electrons. The summed E-state index contributed by atoms with van der Waals surface area (Å²) < 4.78 is 1.79. The van der Waals surface area contributed by atoms with Crippen LogP contribution in [0.5, 0.6) is 0 Å². The molecule has 4 heteroatoms. The van der Waals surface area contributed by atoms with Crippen LogP contribution in [0.1, 0.15) is 17.0 Å². The van der Waals surface area contributed by atoms with Gasteiger partial charge in [0.05, 0.1) is 17.1 Å². The molecule has 2 N–H and O–H groups in total. The maximum Gasteiger partial charge on any atom is 0.0846 e. The average molecular weight is 202 g/mol. The van der Waals surface area contributed by atoms with Crippen molar-refractivity contribution in [3.63, 3.8) is 0 Å². The molecule has 1 aromatic carbocycles. The molecule has 4 nitrogen and oxygen atoms in total. The van der Waals surface area contributed by atoms with Crippen molar-refractivity contribution < 1.29 is 0 Å². The first kappa shape index (κ1) is 9.86. The quantitative estimate of drug-likeness (QED) is 0.799. The molecular formula is C11H14N4. The van der Waals surface area contributed by atoms with E-state index in [9.17, 15) is 0 Å². The smallest absolute Gasteiger partial charge is 0.0846 e. The van der Waals surface area contributed by atoms with Crippen LogP contribution in [-0.4, -0.2) is 15.0 Å². The Balaban J connectivity index is 2.54. The molecule has 2 rings (SSSR count). The highest BCUT2D eigenvalue weighted by Crippen LogP contribution is 2.13. The van der Waals surface area contributed by atoms with Gasteiger partial charge >= 0.3 is 0 Å². The van der Waals surface area contributed by atoms with Crippen molar-refractivity contribution in [3.05, 3.63) is 41.2 Å². The first-order valence-corrected chi connectivity index (χ1v) is 4.90. The highest BCUT2D eigenvalue weighted by atomic mass is 15.4. The number of nitrogens with two attached hydrogens (primary N) is 1. The topological polar surface area (TPSA) is 56.7 Å². The summed E-state index contributed by atoms with van der Waals surface area (Å²) in [4.78, 5) is 0. The molecule has 0 saturated heterocycles. The van der Waals surface area contributed by atoms with Crippen molar-refractivity contribution in [2.24, 2.45) is 5.73 Å². The first-order chi connectivity index (χ1) is 7.22. The zero-order chi connectivity index (χ0) is 10.8. The lowest BCUT2D eigenvalue weighted by Gasteiger charge is -2.05. The maximum atomic E-state index is 5.67. The van der Waals surface area contributed by atoms with E-state index >= 15 is 0 Å². The minimum atomic E-state index is 0.451. The zero-order valence-corrected chi connectivity index (χ0v) is 8.94. The van der Waals surface area contributed by atoms with Crippen molar-refractivity contribution in [2.75, 3.05) is 0 Å². The van der Waals surface area contributed by atoms with E-state index in [2.05, 4.69) is 29.4 Å². The highest BCUT2D eigenvalue weighted by molar-refractivity contribution is 5.36. The van der Waals surface area contributed by atoms with Crippen LogP contribution in [0.4, 0.5) is 0 Å². The molecule has 0 saturated carbocycles. The van der Waals surface area contributed by atoms with Gasteiger partial charge in [0.2, 0.25) is 0 Å². The van der Waals surface area contributed by atoms with Crippen molar-refractivity contribution in [2.45, 2.75) is 20.4 Å². The van der Waals surface area contributed by atoms with Gasteiger partial charge in [-0.3, -0.25) is 0 Å². The Morgan fingerprint density at radius 1 is 1.33 bits per heavy atom. The van der Waals surface area contributed by atoms with Gasteiger partial charge in [0.25, 0.3) is 0 Å². The number of aromatic nitrogens is 3. The van der Waals surface area contributed by atoms with Crippen LogP contribution in [0, 0.1) is 13.8 Å². The summed E-state index contributed by atoms with van der Waals surface area (Å²) in [6.07, 6.45) is 0. The molecule has 0 spiro atoms. The molecule has 0 unspecified atom stereocenters. The summed E-state index contributed by atoms with van der Waals surface area (Å²) >= 11 is 0. The first-order valence-electron chi connectivity index (χ1n) is 4.90. The molecule has 1 aromatic heterocycles. The maximum absolute atomic E-state index is 5.67. The number of benzene rings is 1. The van der Waals surface area contributed by atoms with Crippen LogP contribution in [0.15, 0.2) is 24.3 Å². The van der Waals surface area contributed by atoms with E-state index in [1.165, 1.54) is 5.56 Å². The largest absolute Gasteiger partial charge is 0.325 e. The summed E-state index contributed by atoms with van der Waals surface area (Å²) in [6.45, 7) is 4.42. The van der Waals surface area contributed by atoms with E-state index in [0.29, 0.717) is 6.54 Å². The summed E-state index contributed by atoms with van der Waals surface area (Å²) in [5.74, 6) is 0. The van der Waals surface area contributed by atoms with Crippen LogP contribution in [0.3, 0.4) is 0 Å². The lowest BCUT2D eigenvalue weighted by molar-refractivity contribution is 0.761. The molecule has 0 aliphatic carbocycles. The molecule has 0 aliphatic heterocycles. The second kappa shape index (κ2) is 3.82. The fourth-order valence-corrected chi connectivity index (χ4v) is 1.58. The van der Waals surface area contributed by atoms with E-state index < -0.39 is 0 Å². The van der Waals surface area contributed by atoms with Crippen molar-refractivity contribution in [3.8, 4) is 5.69 Å². The summed E-state index contributed by atoms with van der Waals surface area (Å²) in [6, 6.07) is 8.12. The lowest BCUT2D eigenvalue weighted by atomic mass is 10.2. The minimum Gasteiger partial charge on any atom is -0.325 e. The summed E-state index contributed by atoms with van der Waals surface area (Å²) in [7, 11) is 0. The highest BCUT2D eigenvalue weighted by Gasteiger charge is 2.08. The summed E-state index contributed by atoms with van der Waals surface area (Å²) in [5, 5.41) is 8.11. The van der Waals surface area contributed by atoms with Gasteiger partial charge in [-0.05, 0) is 31.5 Å². The predicted molar refractivity (Wildman–Crippen MR) is 58.7 cm³/mol. The van der Waals surface area contributed by atoms with Crippen LogP contribution >= 0.6 is 0 Å². The van der Waals surface area contributed by atoms with Crippen LogP contribution < -0.4 is 5.73 Å². The Morgan fingerprint density at radius 2 is 2.13 bits per heavy atom. The van der Waals surface area contributed by atoms with E-state index in [0.717, 1.165) is 17.1 Å². The molecule has 2 aromatic rings. The molecule has 0 fully saturated rings. The normalized spacial score (nSPS) is 10.6. The van der Waals surface area contributed by atoms with Gasteiger partial charge in [-0.1, -0.05) is 17.3 Å².